The van der Waals surface area contributed by atoms with E-state index in [-0.39, 0.29) is 17.7 Å². The Morgan fingerprint density at radius 3 is 2.48 bits per heavy atom. The van der Waals surface area contributed by atoms with E-state index in [2.05, 4.69) is 25.3 Å². The number of hydrogen-bond donors (Lipinski definition) is 0. The summed E-state index contributed by atoms with van der Waals surface area (Å²) < 4.78 is 29.0. The highest BCUT2D eigenvalue weighted by molar-refractivity contribution is 5.20. The summed E-state index contributed by atoms with van der Waals surface area (Å²) in [6.45, 7) is 4.47. The molecule has 0 N–H and O–H groups in total. The van der Waals surface area contributed by atoms with E-state index in [1.165, 1.54) is 43.5 Å². The molecule has 1 aliphatic heterocycles. The number of rotatable bonds is 7. The molecule has 6 nitrogen and oxygen atoms in total. The van der Waals surface area contributed by atoms with Crippen LogP contribution in [0.1, 0.15) is 48.7 Å². The van der Waals surface area contributed by atoms with Gasteiger partial charge in [0.15, 0.2) is 5.82 Å². The summed E-state index contributed by atoms with van der Waals surface area (Å²) in [5.74, 6) is 0.256. The van der Waals surface area contributed by atoms with Gasteiger partial charge >= 0.3 is 0 Å². The monoisotopic (exact) mass is 452 g/mol. The average molecular weight is 453 g/mol. The Bertz CT molecular complexity index is 1050. The van der Waals surface area contributed by atoms with Crippen molar-refractivity contribution in [3.8, 4) is 0 Å². The largest absolute Gasteiger partial charge is 0.299 e. The lowest BCUT2D eigenvalue weighted by Crippen LogP contribution is -2.42. The van der Waals surface area contributed by atoms with E-state index in [9.17, 15) is 8.78 Å². The Kier molecular flexibility index (Phi) is 6.73. The van der Waals surface area contributed by atoms with Gasteiger partial charge in [-0.15, -0.1) is 5.10 Å². The van der Waals surface area contributed by atoms with Crippen LogP contribution in [0.5, 0.6) is 0 Å². The zero-order valence-electron chi connectivity index (χ0n) is 18.8. The number of benzene rings is 2. The van der Waals surface area contributed by atoms with Crippen LogP contribution in [-0.4, -0.2) is 62.2 Å². The lowest BCUT2D eigenvalue weighted by molar-refractivity contribution is 0.124. The number of hydrogen-bond acceptors (Lipinski definition) is 5. The molecule has 33 heavy (non-hydrogen) atoms. The lowest BCUT2D eigenvalue weighted by atomic mass is 9.91. The maximum Gasteiger partial charge on any atom is 0.169 e. The Labute approximate surface area is 193 Å². The van der Waals surface area contributed by atoms with Crippen molar-refractivity contribution in [2.75, 3.05) is 26.2 Å². The molecule has 1 saturated carbocycles. The summed E-state index contributed by atoms with van der Waals surface area (Å²) in [6.07, 6.45) is 5.75. The van der Waals surface area contributed by atoms with Gasteiger partial charge in [-0.1, -0.05) is 30.7 Å². The topological polar surface area (TPSA) is 50.1 Å². The molecule has 8 heteroatoms. The highest BCUT2D eigenvalue weighted by atomic mass is 19.1. The molecular weight excluding hydrogens is 422 g/mol. The Hall–Kier alpha value is -2.71. The molecule has 1 aliphatic carbocycles. The van der Waals surface area contributed by atoms with E-state index in [4.69, 9.17) is 0 Å². The molecule has 0 spiro atoms. The van der Waals surface area contributed by atoms with Crippen molar-refractivity contribution in [3.63, 3.8) is 0 Å². The molecule has 2 aromatic carbocycles. The predicted octanol–water partition coefficient (Wildman–Crippen LogP) is 3.84. The van der Waals surface area contributed by atoms with Crippen LogP contribution < -0.4 is 0 Å². The van der Waals surface area contributed by atoms with Crippen LogP contribution in [0, 0.1) is 11.6 Å². The molecule has 1 aromatic heterocycles. The van der Waals surface area contributed by atoms with Gasteiger partial charge in [0.1, 0.15) is 11.6 Å². The van der Waals surface area contributed by atoms with E-state index in [0.717, 1.165) is 55.6 Å². The minimum atomic E-state index is -0.270. The molecule has 3 aromatic rings. The summed E-state index contributed by atoms with van der Waals surface area (Å²) in [7, 11) is 0. The van der Waals surface area contributed by atoms with Crippen LogP contribution in [0.25, 0.3) is 0 Å². The first kappa shape index (κ1) is 22.1. The van der Waals surface area contributed by atoms with Crippen LogP contribution >= 0.6 is 0 Å². The Balaban J connectivity index is 1.40. The molecule has 1 saturated heterocycles. The van der Waals surface area contributed by atoms with Gasteiger partial charge in [0.05, 0.1) is 12.6 Å². The Morgan fingerprint density at radius 1 is 0.879 bits per heavy atom. The van der Waals surface area contributed by atoms with Crippen molar-refractivity contribution < 1.29 is 8.78 Å². The maximum absolute atomic E-state index is 13.7. The minimum absolute atomic E-state index is 0.0413. The first-order chi connectivity index (χ1) is 16.2. The first-order valence-corrected chi connectivity index (χ1v) is 11.9. The predicted molar refractivity (Wildman–Crippen MR) is 122 cm³/mol. The van der Waals surface area contributed by atoms with Crippen LogP contribution in [0.4, 0.5) is 8.78 Å². The molecule has 174 valence electrons. The number of nitrogens with zero attached hydrogens (tertiary/aromatic N) is 6. The molecule has 2 heterocycles. The first-order valence-electron chi connectivity index (χ1n) is 11.9. The number of tetrazole rings is 1. The van der Waals surface area contributed by atoms with Gasteiger partial charge in [0.2, 0.25) is 0 Å². The molecule has 2 aliphatic rings. The van der Waals surface area contributed by atoms with Crippen LogP contribution in [-0.2, 0) is 13.0 Å². The quantitative estimate of drug-likeness (QED) is 0.545. The summed E-state index contributed by atoms with van der Waals surface area (Å²) in [5.41, 5.74) is 1.86. The van der Waals surface area contributed by atoms with E-state index >= 15 is 0 Å². The SMILES string of the molecule is Fc1ccc(CC(c2nnnn2Cc2cccc(F)c2)N2CCCN(C3CCC3)CC2)cc1. The van der Waals surface area contributed by atoms with Crippen molar-refractivity contribution in [1.82, 2.24) is 30.0 Å². The van der Waals surface area contributed by atoms with Gasteiger partial charge in [-0.3, -0.25) is 9.80 Å². The summed E-state index contributed by atoms with van der Waals surface area (Å²) >= 11 is 0. The van der Waals surface area contributed by atoms with Gasteiger partial charge in [-0.05, 0) is 78.0 Å². The van der Waals surface area contributed by atoms with Crippen molar-refractivity contribution in [1.29, 1.82) is 0 Å². The standard InChI is InChI=1S/C25H30F2N6/c26-21-10-8-19(9-11-21)17-24(32-13-3-12-31(14-15-32)23-6-2-7-23)25-28-29-30-33(25)18-20-4-1-5-22(27)16-20/h1,4-5,8-11,16,23-24H,2-3,6-7,12-15,17-18H2. The molecule has 0 bridgehead atoms. The smallest absolute Gasteiger partial charge is 0.169 e. The zero-order chi connectivity index (χ0) is 22.6. The lowest BCUT2D eigenvalue weighted by Gasteiger charge is -2.37. The van der Waals surface area contributed by atoms with E-state index in [1.807, 2.05) is 18.2 Å². The highest BCUT2D eigenvalue weighted by Gasteiger charge is 2.31. The van der Waals surface area contributed by atoms with Crippen LogP contribution in [0.15, 0.2) is 48.5 Å². The van der Waals surface area contributed by atoms with Crippen molar-refractivity contribution in [3.05, 3.63) is 77.1 Å². The fourth-order valence-electron chi connectivity index (χ4n) is 4.98. The minimum Gasteiger partial charge on any atom is -0.299 e. The van der Waals surface area contributed by atoms with E-state index in [0.29, 0.717) is 13.0 Å². The molecule has 2 fully saturated rings. The fraction of sp³-hybridized carbons (Fsp3) is 0.480. The number of aromatic nitrogens is 4. The van der Waals surface area contributed by atoms with Crippen LogP contribution in [0.3, 0.4) is 0 Å². The second-order valence-corrected chi connectivity index (χ2v) is 9.18. The van der Waals surface area contributed by atoms with Crippen molar-refractivity contribution >= 4 is 0 Å². The molecule has 0 radical (unpaired) electrons. The second-order valence-electron chi connectivity index (χ2n) is 9.18. The fourth-order valence-corrected chi connectivity index (χ4v) is 4.98. The maximum atomic E-state index is 13.7. The Morgan fingerprint density at radius 2 is 1.73 bits per heavy atom. The third kappa shape index (κ3) is 5.28. The third-order valence-electron chi connectivity index (χ3n) is 7.02. The van der Waals surface area contributed by atoms with E-state index < -0.39 is 0 Å². The summed E-state index contributed by atoms with van der Waals surface area (Å²) in [4.78, 5) is 5.10. The zero-order valence-corrected chi connectivity index (χ0v) is 18.8. The van der Waals surface area contributed by atoms with E-state index in [1.54, 1.807) is 10.7 Å². The summed E-state index contributed by atoms with van der Waals surface area (Å²) in [5, 5.41) is 12.6. The van der Waals surface area contributed by atoms with Gasteiger partial charge in [0, 0.05) is 25.7 Å². The van der Waals surface area contributed by atoms with Crippen LogP contribution in [0.2, 0.25) is 0 Å². The third-order valence-corrected chi connectivity index (χ3v) is 7.02. The number of halogens is 2. The second kappa shape index (κ2) is 10.1. The molecular formula is C25H30F2N6. The van der Waals surface area contributed by atoms with Crippen molar-refractivity contribution in [2.24, 2.45) is 0 Å². The summed E-state index contributed by atoms with van der Waals surface area (Å²) in [6, 6.07) is 13.9. The van der Waals surface area contributed by atoms with Gasteiger partial charge < -0.3 is 0 Å². The molecule has 1 unspecified atom stereocenters. The van der Waals surface area contributed by atoms with Gasteiger partial charge in [-0.2, -0.15) is 0 Å². The average Bonchev–Trinajstić information content (AvgIpc) is 3.09. The highest BCUT2D eigenvalue weighted by Crippen LogP contribution is 2.29. The molecule has 1 atom stereocenters. The van der Waals surface area contributed by atoms with Gasteiger partial charge in [-0.25, -0.2) is 13.5 Å². The molecule has 5 rings (SSSR count). The molecule has 0 amide bonds. The van der Waals surface area contributed by atoms with Gasteiger partial charge in [0.25, 0.3) is 0 Å². The van der Waals surface area contributed by atoms with Crippen molar-refractivity contribution in [2.45, 2.75) is 50.7 Å². The normalized spacial score (nSPS) is 19.2.